The van der Waals surface area contributed by atoms with E-state index in [0.29, 0.717) is 0 Å². The van der Waals surface area contributed by atoms with Crippen molar-refractivity contribution in [1.29, 1.82) is 0 Å². The molecule has 0 spiro atoms. The van der Waals surface area contributed by atoms with Crippen LogP contribution in [0.25, 0.3) is 16.9 Å². The van der Waals surface area contributed by atoms with E-state index in [9.17, 15) is 23.5 Å². The Balaban J connectivity index is 2.41. The zero-order valence-electron chi connectivity index (χ0n) is 13.8. The van der Waals surface area contributed by atoms with Crippen molar-refractivity contribution >= 4 is 5.97 Å². The van der Waals surface area contributed by atoms with Gasteiger partial charge in [-0.3, -0.25) is 9.78 Å². The van der Waals surface area contributed by atoms with E-state index >= 15 is 0 Å². The summed E-state index contributed by atoms with van der Waals surface area (Å²) in [5.74, 6) is -1.66. The minimum absolute atomic E-state index is 0.0976. The number of carbonyl (C=O) groups is 1. The first-order valence-electron chi connectivity index (χ1n) is 7.53. The molecule has 3 aromatic rings. The summed E-state index contributed by atoms with van der Waals surface area (Å²) in [6.07, 6.45) is 0.763. The largest absolute Gasteiger partial charge is 0.494 e. The molecule has 138 valence electrons. The Labute approximate surface area is 150 Å². The van der Waals surface area contributed by atoms with Gasteiger partial charge in [0, 0.05) is 29.6 Å². The van der Waals surface area contributed by atoms with E-state index < -0.39 is 29.2 Å². The fourth-order valence-electron chi connectivity index (χ4n) is 2.55. The average molecular weight is 374 g/mol. The van der Waals surface area contributed by atoms with Crippen LogP contribution in [0.3, 0.4) is 0 Å². The third kappa shape index (κ3) is 3.36. The molecule has 0 aliphatic carbocycles. The highest BCUT2D eigenvalue weighted by Gasteiger charge is 2.27. The molecule has 0 unspecified atom stereocenters. The van der Waals surface area contributed by atoms with Crippen molar-refractivity contribution in [2.75, 3.05) is 7.11 Å². The monoisotopic (exact) mass is 374 g/mol. The van der Waals surface area contributed by atoms with E-state index in [4.69, 9.17) is 4.74 Å². The number of alkyl halides is 2. The van der Waals surface area contributed by atoms with Crippen LogP contribution in [-0.2, 0) is 0 Å². The molecule has 3 heterocycles. The normalized spacial score (nSPS) is 10.8. The molecule has 0 aliphatic heterocycles. The van der Waals surface area contributed by atoms with Crippen LogP contribution >= 0.6 is 0 Å². The molecule has 10 heteroatoms. The molecule has 0 aliphatic rings. The minimum Gasteiger partial charge on any atom is -0.494 e. The lowest BCUT2D eigenvalue weighted by Gasteiger charge is -2.15. The smallest absolute Gasteiger partial charge is 0.338 e. The predicted octanol–water partition coefficient (Wildman–Crippen LogP) is 2.33. The number of carboxylic acids is 1. The number of aromatic carboxylic acids is 1. The molecule has 3 aromatic heterocycles. The van der Waals surface area contributed by atoms with Gasteiger partial charge in [0.05, 0.1) is 18.9 Å². The summed E-state index contributed by atoms with van der Waals surface area (Å²) < 4.78 is 33.1. The van der Waals surface area contributed by atoms with E-state index in [-0.39, 0.29) is 22.7 Å². The SMILES string of the molecule is COc1cnccc1-c1cc(-n2ncccc2=O)nc(C(F)F)c1C(=O)O. The van der Waals surface area contributed by atoms with Gasteiger partial charge >= 0.3 is 5.97 Å². The molecule has 0 aromatic carbocycles. The number of rotatable bonds is 5. The van der Waals surface area contributed by atoms with E-state index in [2.05, 4.69) is 15.1 Å². The number of carboxylic acid groups (broad SMARTS) is 1. The standard InChI is InChI=1S/C17H12F2N4O4/c1-27-11-8-20-6-4-9(11)10-7-12(23-13(24)3-2-5-21-23)22-15(16(18)19)14(10)17(25)26/h2-8,16H,1H3,(H,25,26). The van der Waals surface area contributed by atoms with Gasteiger partial charge in [-0.2, -0.15) is 9.78 Å². The molecule has 0 saturated heterocycles. The number of halogens is 2. The van der Waals surface area contributed by atoms with E-state index in [0.717, 1.165) is 4.68 Å². The Kier molecular flexibility index (Phi) is 4.88. The first-order chi connectivity index (χ1) is 12.9. The molecule has 3 rings (SSSR count). The number of ether oxygens (including phenoxy) is 1. The van der Waals surface area contributed by atoms with Crippen LogP contribution in [0.5, 0.6) is 5.75 Å². The second kappa shape index (κ2) is 7.28. The van der Waals surface area contributed by atoms with Crippen LogP contribution in [0, 0.1) is 0 Å². The first kappa shape index (κ1) is 18.1. The molecular weight excluding hydrogens is 362 g/mol. The maximum atomic E-state index is 13.6. The molecule has 0 atom stereocenters. The number of hydrogen-bond donors (Lipinski definition) is 1. The van der Waals surface area contributed by atoms with Crippen LogP contribution < -0.4 is 10.3 Å². The summed E-state index contributed by atoms with van der Waals surface area (Å²) in [5.41, 5.74) is -2.17. The van der Waals surface area contributed by atoms with Crippen molar-refractivity contribution in [3.05, 3.63) is 64.5 Å². The Morgan fingerprint density at radius 3 is 2.67 bits per heavy atom. The maximum absolute atomic E-state index is 13.6. The average Bonchev–Trinajstić information content (AvgIpc) is 2.67. The van der Waals surface area contributed by atoms with Gasteiger partial charge in [0.25, 0.3) is 12.0 Å². The van der Waals surface area contributed by atoms with Crippen LogP contribution in [0.4, 0.5) is 8.78 Å². The molecule has 1 N–H and O–H groups in total. The summed E-state index contributed by atoms with van der Waals surface area (Å²) in [5, 5.41) is 13.3. The van der Waals surface area contributed by atoms with E-state index in [1.807, 2.05) is 0 Å². The number of aromatic nitrogens is 4. The molecule has 8 nitrogen and oxygen atoms in total. The summed E-state index contributed by atoms with van der Waals surface area (Å²) in [7, 11) is 1.33. The molecule has 0 fully saturated rings. The zero-order chi connectivity index (χ0) is 19.6. The van der Waals surface area contributed by atoms with Gasteiger partial charge in [-0.05, 0) is 18.2 Å². The second-order valence-corrected chi connectivity index (χ2v) is 5.24. The third-order valence-electron chi connectivity index (χ3n) is 3.68. The topological polar surface area (TPSA) is 107 Å². The summed E-state index contributed by atoms with van der Waals surface area (Å²) in [4.78, 5) is 31.3. The summed E-state index contributed by atoms with van der Waals surface area (Å²) >= 11 is 0. The molecule has 0 bridgehead atoms. The van der Waals surface area contributed by atoms with Gasteiger partial charge in [-0.25, -0.2) is 18.6 Å². The van der Waals surface area contributed by atoms with Gasteiger partial charge in [0.1, 0.15) is 11.4 Å². The highest BCUT2D eigenvalue weighted by molar-refractivity contribution is 5.98. The van der Waals surface area contributed by atoms with Gasteiger partial charge < -0.3 is 9.84 Å². The number of methoxy groups -OCH3 is 1. The third-order valence-corrected chi connectivity index (χ3v) is 3.68. The fraction of sp³-hybridized carbons (Fsp3) is 0.118. The number of nitrogens with zero attached hydrogens (tertiary/aromatic N) is 4. The zero-order valence-corrected chi connectivity index (χ0v) is 13.8. The van der Waals surface area contributed by atoms with Crippen molar-refractivity contribution in [1.82, 2.24) is 19.7 Å². The van der Waals surface area contributed by atoms with Crippen molar-refractivity contribution in [3.63, 3.8) is 0 Å². The first-order valence-corrected chi connectivity index (χ1v) is 7.53. The molecule has 0 amide bonds. The minimum atomic E-state index is -3.19. The van der Waals surface area contributed by atoms with E-state index in [1.54, 1.807) is 0 Å². The molecule has 0 saturated carbocycles. The predicted molar refractivity (Wildman–Crippen MR) is 89.3 cm³/mol. The van der Waals surface area contributed by atoms with Crippen molar-refractivity contribution in [2.24, 2.45) is 0 Å². The lowest BCUT2D eigenvalue weighted by Crippen LogP contribution is -2.22. The number of hydrogen-bond acceptors (Lipinski definition) is 6. The fourth-order valence-corrected chi connectivity index (χ4v) is 2.55. The summed E-state index contributed by atoms with van der Waals surface area (Å²) in [6.45, 7) is 0. The van der Waals surface area contributed by atoms with Crippen molar-refractivity contribution in [2.45, 2.75) is 6.43 Å². The van der Waals surface area contributed by atoms with Gasteiger partial charge in [0.2, 0.25) is 0 Å². The van der Waals surface area contributed by atoms with Crippen LogP contribution in [-0.4, -0.2) is 37.9 Å². The van der Waals surface area contributed by atoms with Crippen LogP contribution in [0.2, 0.25) is 0 Å². The Morgan fingerprint density at radius 2 is 2.04 bits per heavy atom. The van der Waals surface area contributed by atoms with Gasteiger partial charge in [-0.1, -0.05) is 0 Å². The van der Waals surface area contributed by atoms with Crippen LogP contribution in [0.1, 0.15) is 22.5 Å². The van der Waals surface area contributed by atoms with Crippen LogP contribution in [0.15, 0.2) is 47.7 Å². The Bertz CT molecular complexity index is 1070. The van der Waals surface area contributed by atoms with Crippen molar-refractivity contribution in [3.8, 4) is 22.7 Å². The van der Waals surface area contributed by atoms with E-state index in [1.165, 1.54) is 50.0 Å². The van der Waals surface area contributed by atoms with Gasteiger partial charge in [0.15, 0.2) is 5.82 Å². The Hall–Kier alpha value is -3.69. The van der Waals surface area contributed by atoms with Gasteiger partial charge in [-0.15, -0.1) is 0 Å². The summed E-state index contributed by atoms with van der Waals surface area (Å²) in [6, 6.07) is 5.17. The quantitative estimate of drug-likeness (QED) is 0.730. The molecular formula is C17H12F2N4O4. The van der Waals surface area contributed by atoms with Crippen molar-refractivity contribution < 1.29 is 23.4 Å². The lowest BCUT2D eigenvalue weighted by molar-refractivity contribution is 0.0683. The highest BCUT2D eigenvalue weighted by Crippen LogP contribution is 2.36. The second-order valence-electron chi connectivity index (χ2n) is 5.24. The lowest BCUT2D eigenvalue weighted by atomic mass is 9.98. The molecule has 27 heavy (non-hydrogen) atoms. The number of pyridine rings is 2. The molecule has 0 radical (unpaired) electrons. The Morgan fingerprint density at radius 1 is 1.26 bits per heavy atom. The maximum Gasteiger partial charge on any atom is 0.338 e. The highest BCUT2D eigenvalue weighted by atomic mass is 19.3.